The average Bonchev–Trinajstić information content (AvgIpc) is 2.64. The monoisotopic (exact) mass is 386 g/mol. The van der Waals surface area contributed by atoms with Crippen LogP contribution in [0, 0.1) is 5.92 Å². The number of hydrogen-bond donors (Lipinski definition) is 0. The fourth-order valence-electron chi connectivity index (χ4n) is 4.40. The molecule has 0 nitrogen and oxygen atoms in total. The Morgan fingerprint density at radius 3 is 1.31 bits per heavy atom. The Bertz CT molecular complexity index is 259. The largest absolute Gasteiger partial charge is 0.119 e. The van der Waals surface area contributed by atoms with Crippen molar-refractivity contribution in [1.82, 2.24) is 0 Å². The van der Waals surface area contributed by atoms with Gasteiger partial charge >= 0.3 is 0 Å². The van der Waals surface area contributed by atoms with E-state index in [1.807, 2.05) is 0 Å². The van der Waals surface area contributed by atoms with E-state index in [1.54, 1.807) is 0 Å². The summed E-state index contributed by atoms with van der Waals surface area (Å²) >= 11 is 7.37. The molecule has 0 amide bonds. The number of unbranched alkanes of at least 4 members (excludes halogenated alkanes) is 12. The molecule has 0 aromatic rings. The lowest BCUT2D eigenvalue weighted by atomic mass is 9.78. The van der Waals surface area contributed by atoms with Crippen LogP contribution in [-0.4, -0.2) is 4.87 Å². The summed E-state index contributed by atoms with van der Waals surface area (Å²) in [4.78, 5) is 0.0813. The molecule has 0 heterocycles. The number of halogens is 1. The Morgan fingerprint density at radius 2 is 0.923 bits per heavy atom. The van der Waals surface area contributed by atoms with Crippen molar-refractivity contribution in [1.29, 1.82) is 0 Å². The first kappa shape index (κ1) is 26.3. The minimum absolute atomic E-state index is 0.0813. The van der Waals surface area contributed by atoms with E-state index in [1.165, 1.54) is 122 Å². The fraction of sp³-hybridized carbons (Fsp3) is 1.00. The van der Waals surface area contributed by atoms with Crippen LogP contribution < -0.4 is 0 Å². The zero-order valence-corrected chi connectivity index (χ0v) is 19.6. The van der Waals surface area contributed by atoms with Gasteiger partial charge in [-0.15, -0.1) is 11.6 Å². The topological polar surface area (TPSA) is 0 Å². The van der Waals surface area contributed by atoms with Crippen LogP contribution in [0.2, 0.25) is 0 Å². The predicted octanol–water partition coefficient (Wildman–Crippen LogP) is 10.1. The number of rotatable bonds is 20. The highest BCUT2D eigenvalue weighted by Gasteiger charge is 2.34. The molecule has 0 saturated carbocycles. The van der Waals surface area contributed by atoms with Crippen molar-refractivity contribution in [2.45, 2.75) is 155 Å². The molecule has 1 unspecified atom stereocenters. The van der Waals surface area contributed by atoms with Crippen molar-refractivity contribution >= 4 is 11.6 Å². The fourth-order valence-corrected chi connectivity index (χ4v) is 4.93. The molecule has 0 aliphatic heterocycles. The molecule has 0 bridgehead atoms. The van der Waals surface area contributed by atoms with Crippen molar-refractivity contribution in [3.8, 4) is 0 Å². The Morgan fingerprint density at radius 1 is 0.538 bits per heavy atom. The SMILES string of the molecule is CCCCCCCC(CC)C(Cl)(CCCCCCC)CCCCCCC. The third kappa shape index (κ3) is 13.5. The summed E-state index contributed by atoms with van der Waals surface area (Å²) in [6.07, 6.45) is 25.7. The van der Waals surface area contributed by atoms with Crippen LogP contribution in [0.4, 0.5) is 0 Å². The first-order valence-corrected chi connectivity index (χ1v) is 12.7. The van der Waals surface area contributed by atoms with Gasteiger partial charge in [0, 0.05) is 4.87 Å². The number of alkyl halides is 1. The lowest BCUT2D eigenvalue weighted by Gasteiger charge is -2.36. The molecule has 0 saturated heterocycles. The second-order valence-corrected chi connectivity index (χ2v) is 9.42. The van der Waals surface area contributed by atoms with E-state index < -0.39 is 0 Å². The summed E-state index contributed by atoms with van der Waals surface area (Å²) in [7, 11) is 0. The maximum Gasteiger partial charge on any atom is 0.0474 e. The van der Waals surface area contributed by atoms with Crippen molar-refractivity contribution in [3.63, 3.8) is 0 Å². The molecule has 0 spiro atoms. The van der Waals surface area contributed by atoms with Crippen molar-refractivity contribution < 1.29 is 0 Å². The highest BCUT2D eigenvalue weighted by atomic mass is 35.5. The van der Waals surface area contributed by atoms with E-state index in [0.29, 0.717) is 0 Å². The molecule has 0 rings (SSSR count). The lowest BCUT2D eigenvalue weighted by Crippen LogP contribution is -2.32. The maximum atomic E-state index is 7.37. The van der Waals surface area contributed by atoms with Gasteiger partial charge in [-0.25, -0.2) is 0 Å². The molecule has 0 aromatic carbocycles. The third-order valence-electron chi connectivity index (χ3n) is 6.27. The first-order valence-electron chi connectivity index (χ1n) is 12.3. The van der Waals surface area contributed by atoms with Crippen LogP contribution >= 0.6 is 11.6 Å². The molecule has 0 N–H and O–H groups in total. The lowest BCUT2D eigenvalue weighted by molar-refractivity contribution is 0.277. The quantitative estimate of drug-likeness (QED) is 0.144. The van der Waals surface area contributed by atoms with Gasteiger partial charge in [-0.05, 0) is 25.2 Å². The van der Waals surface area contributed by atoms with Gasteiger partial charge in [0.2, 0.25) is 0 Å². The van der Waals surface area contributed by atoms with Crippen LogP contribution in [-0.2, 0) is 0 Å². The Hall–Kier alpha value is 0.290. The molecule has 0 aliphatic carbocycles. The van der Waals surface area contributed by atoms with E-state index >= 15 is 0 Å². The van der Waals surface area contributed by atoms with Crippen LogP contribution in [0.1, 0.15) is 150 Å². The Kier molecular flexibility index (Phi) is 18.9. The van der Waals surface area contributed by atoms with E-state index in [4.69, 9.17) is 11.6 Å². The molecule has 0 aromatic heterocycles. The zero-order chi connectivity index (χ0) is 19.5. The molecule has 0 aliphatic rings. The van der Waals surface area contributed by atoms with E-state index in [2.05, 4.69) is 27.7 Å². The molecular weight excluding hydrogens is 336 g/mol. The van der Waals surface area contributed by atoms with Gasteiger partial charge in [0.15, 0.2) is 0 Å². The molecule has 1 atom stereocenters. The highest BCUT2D eigenvalue weighted by molar-refractivity contribution is 6.24. The summed E-state index contributed by atoms with van der Waals surface area (Å²) in [5.74, 6) is 0.725. The average molecular weight is 387 g/mol. The summed E-state index contributed by atoms with van der Waals surface area (Å²) in [6.45, 7) is 9.28. The van der Waals surface area contributed by atoms with E-state index in [9.17, 15) is 0 Å². The van der Waals surface area contributed by atoms with Crippen LogP contribution in [0.3, 0.4) is 0 Å². The van der Waals surface area contributed by atoms with Crippen LogP contribution in [0.15, 0.2) is 0 Å². The summed E-state index contributed by atoms with van der Waals surface area (Å²) < 4.78 is 0. The minimum atomic E-state index is 0.0813. The standard InChI is InChI=1S/C25H51Cl/c1-5-9-12-15-18-21-24(8-4)25(26,22-19-16-13-10-6-2)23-20-17-14-11-7-3/h24H,5-23H2,1-4H3. The Labute approximate surface area is 172 Å². The van der Waals surface area contributed by atoms with E-state index in [0.717, 1.165) is 5.92 Å². The smallest absolute Gasteiger partial charge is 0.0474 e. The van der Waals surface area contributed by atoms with Crippen LogP contribution in [0.5, 0.6) is 0 Å². The molecule has 0 fully saturated rings. The van der Waals surface area contributed by atoms with Gasteiger partial charge in [-0.2, -0.15) is 0 Å². The number of hydrogen-bond acceptors (Lipinski definition) is 0. The van der Waals surface area contributed by atoms with Gasteiger partial charge in [-0.1, -0.05) is 130 Å². The van der Waals surface area contributed by atoms with Gasteiger partial charge in [0.25, 0.3) is 0 Å². The van der Waals surface area contributed by atoms with E-state index in [-0.39, 0.29) is 4.87 Å². The summed E-state index contributed by atoms with van der Waals surface area (Å²) in [5.41, 5.74) is 0. The second kappa shape index (κ2) is 18.6. The summed E-state index contributed by atoms with van der Waals surface area (Å²) in [6, 6.07) is 0. The molecule has 26 heavy (non-hydrogen) atoms. The Balaban J connectivity index is 4.46. The van der Waals surface area contributed by atoms with Crippen molar-refractivity contribution in [3.05, 3.63) is 0 Å². The van der Waals surface area contributed by atoms with Gasteiger partial charge in [0.1, 0.15) is 0 Å². The predicted molar refractivity (Wildman–Crippen MR) is 122 cm³/mol. The highest BCUT2D eigenvalue weighted by Crippen LogP contribution is 2.41. The van der Waals surface area contributed by atoms with Crippen molar-refractivity contribution in [2.75, 3.05) is 0 Å². The second-order valence-electron chi connectivity index (χ2n) is 8.67. The maximum absolute atomic E-state index is 7.37. The molecule has 1 heteroatoms. The minimum Gasteiger partial charge on any atom is -0.119 e. The zero-order valence-electron chi connectivity index (χ0n) is 18.9. The molecule has 158 valence electrons. The summed E-state index contributed by atoms with van der Waals surface area (Å²) in [5, 5.41) is 0. The molecular formula is C25H51Cl. The van der Waals surface area contributed by atoms with Crippen LogP contribution in [0.25, 0.3) is 0 Å². The van der Waals surface area contributed by atoms with Gasteiger partial charge in [-0.3, -0.25) is 0 Å². The first-order chi connectivity index (χ1) is 12.6. The van der Waals surface area contributed by atoms with Gasteiger partial charge in [0.05, 0.1) is 0 Å². The van der Waals surface area contributed by atoms with Gasteiger partial charge < -0.3 is 0 Å². The third-order valence-corrected chi connectivity index (χ3v) is 6.96. The molecule has 0 radical (unpaired) electrons. The normalized spacial score (nSPS) is 13.3. The van der Waals surface area contributed by atoms with Crippen molar-refractivity contribution in [2.24, 2.45) is 5.92 Å².